The summed E-state index contributed by atoms with van der Waals surface area (Å²) in [6, 6.07) is 8.06. The van der Waals surface area contributed by atoms with E-state index < -0.39 is 0 Å². The quantitative estimate of drug-likeness (QED) is 0.888. The van der Waals surface area contributed by atoms with E-state index in [-0.39, 0.29) is 11.3 Å². The normalized spacial score (nSPS) is 11.7. The molecule has 0 saturated carbocycles. The lowest BCUT2D eigenvalue weighted by molar-refractivity contribution is -0.116. The van der Waals surface area contributed by atoms with E-state index in [1.165, 1.54) is 5.56 Å². The Kier molecular flexibility index (Phi) is 4.91. The number of benzene rings is 1. The molecule has 1 aromatic carbocycles. The average molecular weight is 248 g/mol. The summed E-state index contributed by atoms with van der Waals surface area (Å²) in [5.74, 6) is 0.0646. The van der Waals surface area contributed by atoms with E-state index in [9.17, 15) is 4.79 Å². The Morgan fingerprint density at radius 3 is 2.50 bits per heavy atom. The van der Waals surface area contributed by atoms with Crippen molar-refractivity contribution >= 4 is 11.6 Å². The van der Waals surface area contributed by atoms with Crippen molar-refractivity contribution in [3.63, 3.8) is 0 Å². The van der Waals surface area contributed by atoms with Crippen LogP contribution in [0.5, 0.6) is 0 Å². The second-order valence-electron chi connectivity index (χ2n) is 5.93. The monoisotopic (exact) mass is 248 g/mol. The highest BCUT2D eigenvalue weighted by Gasteiger charge is 2.14. The molecule has 3 heteroatoms. The topological polar surface area (TPSA) is 32.3 Å². The third-order valence-corrected chi connectivity index (χ3v) is 2.80. The van der Waals surface area contributed by atoms with Crippen molar-refractivity contribution in [2.45, 2.75) is 32.6 Å². The lowest BCUT2D eigenvalue weighted by Gasteiger charge is -2.20. The molecule has 0 saturated heterocycles. The maximum atomic E-state index is 11.7. The molecule has 0 heterocycles. The third kappa shape index (κ3) is 4.88. The van der Waals surface area contributed by atoms with Gasteiger partial charge in [-0.3, -0.25) is 4.79 Å². The molecule has 0 aliphatic rings. The fourth-order valence-corrected chi connectivity index (χ4v) is 1.61. The summed E-state index contributed by atoms with van der Waals surface area (Å²) in [6.07, 6.45) is 0.521. The lowest BCUT2D eigenvalue weighted by atomic mass is 9.87. The molecule has 1 N–H and O–H groups in total. The highest BCUT2D eigenvalue weighted by Crippen LogP contribution is 2.24. The summed E-state index contributed by atoms with van der Waals surface area (Å²) < 4.78 is 0. The van der Waals surface area contributed by atoms with Crippen LogP contribution >= 0.6 is 0 Å². The Hall–Kier alpha value is -1.35. The second kappa shape index (κ2) is 6.01. The average Bonchev–Trinajstić information content (AvgIpc) is 2.25. The van der Waals surface area contributed by atoms with Gasteiger partial charge in [0.05, 0.1) is 0 Å². The van der Waals surface area contributed by atoms with Gasteiger partial charge in [0.25, 0.3) is 0 Å². The number of carbonyl (C=O) groups is 1. The number of anilines is 1. The number of amides is 1. The zero-order valence-electron chi connectivity index (χ0n) is 12.1. The molecule has 100 valence electrons. The van der Waals surface area contributed by atoms with Gasteiger partial charge in [-0.15, -0.1) is 0 Å². The van der Waals surface area contributed by atoms with Crippen molar-refractivity contribution in [3.05, 3.63) is 29.8 Å². The molecule has 3 nitrogen and oxygen atoms in total. The highest BCUT2D eigenvalue weighted by molar-refractivity contribution is 5.90. The summed E-state index contributed by atoms with van der Waals surface area (Å²) in [6.45, 7) is 7.27. The van der Waals surface area contributed by atoms with Crippen LogP contribution in [0.2, 0.25) is 0 Å². The largest absolute Gasteiger partial charge is 0.326 e. The molecule has 0 radical (unpaired) electrons. The first-order valence-corrected chi connectivity index (χ1v) is 6.34. The van der Waals surface area contributed by atoms with Crippen LogP contribution in [-0.2, 0) is 10.2 Å². The van der Waals surface area contributed by atoms with E-state index >= 15 is 0 Å². The smallest absolute Gasteiger partial charge is 0.225 e. The van der Waals surface area contributed by atoms with Gasteiger partial charge in [-0.25, -0.2) is 0 Å². The number of hydrogen-bond acceptors (Lipinski definition) is 2. The highest BCUT2D eigenvalue weighted by atomic mass is 16.1. The van der Waals surface area contributed by atoms with Crippen molar-refractivity contribution < 1.29 is 4.79 Å². The molecule has 0 unspecified atom stereocenters. The van der Waals surface area contributed by atoms with Gasteiger partial charge in [0.2, 0.25) is 5.91 Å². The van der Waals surface area contributed by atoms with Gasteiger partial charge < -0.3 is 10.2 Å². The Morgan fingerprint density at radius 2 is 1.94 bits per heavy atom. The summed E-state index contributed by atoms with van der Waals surface area (Å²) in [5, 5.41) is 2.94. The maximum Gasteiger partial charge on any atom is 0.225 e. The molecule has 1 aromatic rings. The van der Waals surface area contributed by atoms with Crippen LogP contribution in [0.1, 0.15) is 32.8 Å². The van der Waals surface area contributed by atoms with Crippen LogP contribution in [0, 0.1) is 0 Å². The van der Waals surface area contributed by atoms with Gasteiger partial charge in [-0.1, -0.05) is 32.9 Å². The van der Waals surface area contributed by atoms with Gasteiger partial charge in [0, 0.05) is 18.7 Å². The first-order chi connectivity index (χ1) is 8.29. The van der Waals surface area contributed by atoms with Gasteiger partial charge in [-0.2, -0.15) is 0 Å². The van der Waals surface area contributed by atoms with E-state index in [2.05, 4.69) is 32.2 Å². The SMILES string of the molecule is CN(C)CCC(=O)Nc1cccc(C(C)(C)C)c1. The molecule has 0 fully saturated rings. The molecule has 0 spiro atoms. The number of nitrogens with one attached hydrogen (secondary N) is 1. The van der Waals surface area contributed by atoms with Gasteiger partial charge in [0.15, 0.2) is 0 Å². The van der Waals surface area contributed by atoms with E-state index in [0.29, 0.717) is 6.42 Å². The molecule has 0 aromatic heterocycles. The van der Waals surface area contributed by atoms with Crippen LogP contribution in [0.3, 0.4) is 0 Å². The minimum atomic E-state index is 0.0646. The lowest BCUT2D eigenvalue weighted by Crippen LogP contribution is -2.21. The van der Waals surface area contributed by atoms with E-state index in [0.717, 1.165) is 12.2 Å². The van der Waals surface area contributed by atoms with Crippen LogP contribution in [0.15, 0.2) is 24.3 Å². The number of rotatable bonds is 4. The molecule has 0 aliphatic heterocycles. The Balaban J connectivity index is 2.65. The number of hydrogen-bond donors (Lipinski definition) is 1. The molecule has 0 atom stereocenters. The zero-order valence-corrected chi connectivity index (χ0v) is 12.1. The molecule has 1 rings (SSSR count). The summed E-state index contributed by atoms with van der Waals surface area (Å²) in [5.41, 5.74) is 2.21. The maximum absolute atomic E-state index is 11.7. The summed E-state index contributed by atoms with van der Waals surface area (Å²) in [4.78, 5) is 13.7. The van der Waals surface area contributed by atoms with Crippen molar-refractivity contribution in [1.29, 1.82) is 0 Å². The fraction of sp³-hybridized carbons (Fsp3) is 0.533. The molecular formula is C15H24N2O. The standard InChI is InChI=1S/C15H24N2O/c1-15(2,3)12-7-6-8-13(11-12)16-14(18)9-10-17(4)5/h6-8,11H,9-10H2,1-5H3,(H,16,18). The predicted molar refractivity (Wildman–Crippen MR) is 76.9 cm³/mol. The Morgan fingerprint density at radius 1 is 1.28 bits per heavy atom. The first-order valence-electron chi connectivity index (χ1n) is 6.34. The minimum absolute atomic E-state index is 0.0646. The summed E-state index contributed by atoms with van der Waals surface area (Å²) in [7, 11) is 3.93. The van der Waals surface area contributed by atoms with Crippen molar-refractivity contribution in [2.24, 2.45) is 0 Å². The van der Waals surface area contributed by atoms with Crippen molar-refractivity contribution in [3.8, 4) is 0 Å². The zero-order chi connectivity index (χ0) is 13.8. The molecule has 0 bridgehead atoms. The first kappa shape index (κ1) is 14.7. The van der Waals surface area contributed by atoms with Crippen molar-refractivity contribution in [2.75, 3.05) is 26.0 Å². The van der Waals surface area contributed by atoms with Crippen LogP contribution in [-0.4, -0.2) is 31.4 Å². The fourth-order valence-electron chi connectivity index (χ4n) is 1.61. The number of carbonyl (C=O) groups excluding carboxylic acids is 1. The molecule has 18 heavy (non-hydrogen) atoms. The van der Waals surface area contributed by atoms with Gasteiger partial charge >= 0.3 is 0 Å². The molecule has 1 amide bonds. The van der Waals surface area contributed by atoms with E-state index in [1.807, 2.05) is 37.2 Å². The van der Waals surface area contributed by atoms with Crippen LogP contribution in [0.4, 0.5) is 5.69 Å². The van der Waals surface area contributed by atoms with E-state index in [4.69, 9.17) is 0 Å². The number of nitrogens with zero attached hydrogens (tertiary/aromatic N) is 1. The Bertz CT molecular complexity index is 405. The minimum Gasteiger partial charge on any atom is -0.326 e. The molecular weight excluding hydrogens is 224 g/mol. The third-order valence-electron chi connectivity index (χ3n) is 2.80. The van der Waals surface area contributed by atoms with Crippen molar-refractivity contribution in [1.82, 2.24) is 4.90 Å². The van der Waals surface area contributed by atoms with Crippen LogP contribution in [0.25, 0.3) is 0 Å². The summed E-state index contributed by atoms with van der Waals surface area (Å²) >= 11 is 0. The Labute approximate surface area is 110 Å². The molecule has 0 aliphatic carbocycles. The second-order valence-corrected chi connectivity index (χ2v) is 5.93. The van der Waals surface area contributed by atoms with E-state index in [1.54, 1.807) is 0 Å². The van der Waals surface area contributed by atoms with Crippen LogP contribution < -0.4 is 5.32 Å². The van der Waals surface area contributed by atoms with Gasteiger partial charge in [0.1, 0.15) is 0 Å². The van der Waals surface area contributed by atoms with Gasteiger partial charge in [-0.05, 0) is 37.2 Å². The predicted octanol–water partition coefficient (Wildman–Crippen LogP) is 2.87.